The molecule has 0 saturated carbocycles. The maximum Gasteiger partial charge on any atom is 0.243 e. The first-order valence-corrected chi connectivity index (χ1v) is 11.7. The number of carbonyl (C=O) groups excluding carboxylic acids is 1. The number of nitrogens with one attached hydrogen (secondary N) is 1. The van der Waals surface area contributed by atoms with Crippen LogP contribution in [0.25, 0.3) is 0 Å². The first-order chi connectivity index (χ1) is 12.2. The number of benzene rings is 1. The van der Waals surface area contributed by atoms with Gasteiger partial charge in [-0.1, -0.05) is 0 Å². The first kappa shape index (κ1) is 19.2. The molecule has 2 saturated heterocycles. The number of amides is 1. The van der Waals surface area contributed by atoms with Gasteiger partial charge in [0.2, 0.25) is 15.9 Å². The Balaban J connectivity index is 1.57. The van der Waals surface area contributed by atoms with Gasteiger partial charge in [0.15, 0.2) is 9.84 Å². The van der Waals surface area contributed by atoms with Crippen molar-refractivity contribution in [1.29, 1.82) is 0 Å². The maximum atomic E-state index is 13.0. The molecule has 1 amide bonds. The van der Waals surface area contributed by atoms with E-state index >= 15 is 0 Å². The van der Waals surface area contributed by atoms with E-state index in [0.717, 1.165) is 12.1 Å². The van der Waals surface area contributed by atoms with Crippen LogP contribution in [-0.2, 0) is 24.7 Å². The van der Waals surface area contributed by atoms with Crippen LogP contribution in [0.3, 0.4) is 0 Å². The van der Waals surface area contributed by atoms with E-state index in [1.807, 2.05) is 0 Å². The molecule has 0 spiro atoms. The van der Waals surface area contributed by atoms with Gasteiger partial charge < -0.3 is 5.32 Å². The second kappa shape index (κ2) is 7.24. The molecule has 1 N–H and O–H groups in total. The third kappa shape index (κ3) is 4.24. The summed E-state index contributed by atoms with van der Waals surface area (Å²) in [6.07, 6.45) is 1.16. The van der Waals surface area contributed by atoms with E-state index < -0.39 is 25.7 Å². The average Bonchev–Trinajstić information content (AvgIpc) is 2.94. The zero-order chi connectivity index (χ0) is 18.9. The third-order valence-corrected chi connectivity index (χ3v) is 8.54. The van der Waals surface area contributed by atoms with Crippen LogP contribution in [0.4, 0.5) is 4.39 Å². The molecule has 2 fully saturated rings. The van der Waals surface area contributed by atoms with Crippen molar-refractivity contribution < 1.29 is 26.0 Å². The van der Waals surface area contributed by atoms with Crippen molar-refractivity contribution in [3.8, 4) is 0 Å². The highest BCUT2D eigenvalue weighted by Crippen LogP contribution is 2.24. The van der Waals surface area contributed by atoms with E-state index in [1.54, 1.807) is 0 Å². The minimum Gasteiger partial charge on any atom is -0.352 e. The van der Waals surface area contributed by atoms with Crippen LogP contribution in [0.2, 0.25) is 0 Å². The molecular weight excluding hydrogens is 383 g/mol. The normalized spacial score (nSPS) is 24.4. The van der Waals surface area contributed by atoms with Crippen molar-refractivity contribution in [2.75, 3.05) is 24.6 Å². The summed E-state index contributed by atoms with van der Waals surface area (Å²) in [5.41, 5.74) is 0. The molecule has 10 heteroatoms. The second-order valence-corrected chi connectivity index (χ2v) is 10.9. The van der Waals surface area contributed by atoms with Crippen molar-refractivity contribution in [2.45, 2.75) is 30.2 Å². The Morgan fingerprint density at radius 3 is 2.27 bits per heavy atom. The largest absolute Gasteiger partial charge is 0.352 e. The molecule has 144 valence electrons. The summed E-state index contributed by atoms with van der Waals surface area (Å²) in [7, 11) is -6.77. The van der Waals surface area contributed by atoms with Crippen LogP contribution in [0.1, 0.15) is 19.3 Å². The summed E-state index contributed by atoms with van der Waals surface area (Å²) < 4.78 is 62.3. The zero-order valence-electron chi connectivity index (χ0n) is 14.1. The Hall–Kier alpha value is -1.52. The van der Waals surface area contributed by atoms with Gasteiger partial charge in [-0.25, -0.2) is 21.2 Å². The Morgan fingerprint density at radius 1 is 1.12 bits per heavy atom. The van der Waals surface area contributed by atoms with Gasteiger partial charge in [-0.05, 0) is 43.5 Å². The van der Waals surface area contributed by atoms with Crippen LogP contribution < -0.4 is 5.32 Å². The molecule has 7 nitrogen and oxygen atoms in total. The standard InChI is InChI=1S/C16H21FN2O5S2/c17-13-1-3-15(4-2-13)26(23,24)19-8-5-12(6-9-19)16(20)18-14-7-10-25(21,22)11-14/h1-4,12,14H,5-11H2,(H,18,20)/t14-/m0/s1. The number of halogens is 1. The number of sulfone groups is 1. The molecule has 0 aliphatic carbocycles. The molecule has 1 aromatic carbocycles. The van der Waals surface area contributed by atoms with Gasteiger partial charge in [-0.3, -0.25) is 4.79 Å². The number of carbonyl (C=O) groups is 1. The molecule has 0 unspecified atom stereocenters. The van der Waals surface area contributed by atoms with E-state index in [9.17, 15) is 26.0 Å². The summed E-state index contributed by atoms with van der Waals surface area (Å²) in [6.45, 7) is 0.390. The molecular formula is C16H21FN2O5S2. The number of sulfonamides is 1. The fraction of sp³-hybridized carbons (Fsp3) is 0.562. The highest BCUT2D eigenvalue weighted by Gasteiger charge is 2.34. The summed E-state index contributed by atoms with van der Waals surface area (Å²) in [4.78, 5) is 12.3. The Labute approximate surface area is 152 Å². The van der Waals surface area contributed by atoms with Gasteiger partial charge >= 0.3 is 0 Å². The Bertz CT molecular complexity index is 876. The van der Waals surface area contributed by atoms with Gasteiger partial charge in [0.25, 0.3) is 0 Å². The van der Waals surface area contributed by atoms with Crippen molar-refractivity contribution in [3.05, 3.63) is 30.1 Å². The number of nitrogens with zero attached hydrogens (tertiary/aromatic N) is 1. The summed E-state index contributed by atoms with van der Waals surface area (Å²) >= 11 is 0. The van der Waals surface area contributed by atoms with Crippen molar-refractivity contribution >= 4 is 25.8 Å². The lowest BCUT2D eigenvalue weighted by Crippen LogP contribution is -2.45. The highest BCUT2D eigenvalue weighted by molar-refractivity contribution is 7.91. The molecule has 0 aromatic heterocycles. The lowest BCUT2D eigenvalue weighted by molar-refractivity contribution is -0.126. The zero-order valence-corrected chi connectivity index (χ0v) is 15.7. The van der Waals surface area contributed by atoms with Gasteiger partial charge in [-0.15, -0.1) is 0 Å². The molecule has 2 heterocycles. The molecule has 2 aliphatic rings. The van der Waals surface area contributed by atoms with Gasteiger partial charge in [0.05, 0.1) is 16.4 Å². The number of hydrogen-bond acceptors (Lipinski definition) is 5. The van der Waals surface area contributed by atoms with Crippen molar-refractivity contribution in [3.63, 3.8) is 0 Å². The fourth-order valence-corrected chi connectivity index (χ4v) is 6.48. The van der Waals surface area contributed by atoms with Gasteiger partial charge in [0.1, 0.15) is 5.82 Å². The summed E-state index contributed by atoms with van der Waals surface area (Å²) in [5, 5.41) is 2.77. The van der Waals surface area contributed by atoms with E-state index in [0.29, 0.717) is 19.3 Å². The molecule has 3 rings (SSSR count). The van der Waals surface area contributed by atoms with E-state index in [-0.39, 0.29) is 47.4 Å². The summed E-state index contributed by atoms with van der Waals surface area (Å²) in [5.74, 6) is -1.000. The smallest absolute Gasteiger partial charge is 0.243 e. The van der Waals surface area contributed by atoms with Crippen LogP contribution in [0, 0.1) is 11.7 Å². The van der Waals surface area contributed by atoms with Crippen molar-refractivity contribution in [2.24, 2.45) is 5.92 Å². The lowest BCUT2D eigenvalue weighted by Gasteiger charge is -2.31. The van der Waals surface area contributed by atoms with Gasteiger partial charge in [-0.2, -0.15) is 4.31 Å². The lowest BCUT2D eigenvalue weighted by atomic mass is 9.97. The Morgan fingerprint density at radius 2 is 1.73 bits per heavy atom. The number of rotatable bonds is 4. The summed E-state index contributed by atoms with van der Waals surface area (Å²) in [6, 6.07) is 4.30. The minimum absolute atomic E-state index is 0.0259. The highest BCUT2D eigenvalue weighted by atomic mass is 32.2. The first-order valence-electron chi connectivity index (χ1n) is 8.44. The van der Waals surface area contributed by atoms with Crippen LogP contribution in [0.15, 0.2) is 29.2 Å². The SMILES string of the molecule is O=C(N[C@H]1CCS(=O)(=O)C1)C1CCN(S(=O)(=O)c2ccc(F)cc2)CC1. The predicted octanol–water partition coefficient (Wildman–Crippen LogP) is 0.530. The third-order valence-electron chi connectivity index (χ3n) is 4.85. The molecule has 2 aliphatic heterocycles. The van der Waals surface area contributed by atoms with Crippen LogP contribution in [0.5, 0.6) is 0 Å². The molecule has 26 heavy (non-hydrogen) atoms. The average molecular weight is 404 g/mol. The molecule has 1 atom stereocenters. The van der Waals surface area contributed by atoms with E-state index in [2.05, 4.69) is 5.32 Å². The molecule has 1 aromatic rings. The predicted molar refractivity (Wildman–Crippen MR) is 93.1 cm³/mol. The van der Waals surface area contributed by atoms with E-state index in [4.69, 9.17) is 0 Å². The van der Waals surface area contributed by atoms with Crippen LogP contribution >= 0.6 is 0 Å². The monoisotopic (exact) mass is 404 g/mol. The number of piperidine rings is 1. The quantitative estimate of drug-likeness (QED) is 0.789. The van der Waals surface area contributed by atoms with Crippen LogP contribution in [-0.4, -0.2) is 57.7 Å². The molecule has 0 bridgehead atoms. The molecule has 0 radical (unpaired) electrons. The maximum absolute atomic E-state index is 13.0. The van der Waals surface area contributed by atoms with Crippen molar-refractivity contribution in [1.82, 2.24) is 9.62 Å². The minimum atomic E-state index is -3.71. The van der Waals surface area contributed by atoms with E-state index in [1.165, 1.54) is 16.4 Å². The fourth-order valence-electron chi connectivity index (χ4n) is 3.34. The topological polar surface area (TPSA) is 101 Å². The van der Waals surface area contributed by atoms with Gasteiger partial charge in [0, 0.05) is 25.0 Å². The second-order valence-electron chi connectivity index (χ2n) is 6.74. The Kier molecular flexibility index (Phi) is 5.36. The number of hydrogen-bond donors (Lipinski definition) is 1.